The van der Waals surface area contributed by atoms with E-state index < -0.39 is 0 Å². The third kappa shape index (κ3) is 3.01. The number of anilines is 1. The van der Waals surface area contributed by atoms with Crippen LogP contribution in [0.25, 0.3) is 0 Å². The maximum atomic E-state index is 8.82. The molecule has 4 nitrogen and oxygen atoms in total. The first-order valence-corrected chi connectivity index (χ1v) is 4.34. The summed E-state index contributed by atoms with van der Waals surface area (Å²) >= 11 is 0. The Hall–Kier alpha value is -1.13. The summed E-state index contributed by atoms with van der Waals surface area (Å²) in [5, 5.41) is 8.82. The second kappa shape index (κ2) is 5.50. The summed E-state index contributed by atoms with van der Waals surface area (Å²) < 4.78 is 0. The van der Waals surface area contributed by atoms with Gasteiger partial charge in [-0.3, -0.25) is 4.98 Å². The Labute approximate surface area is 78.0 Å². The summed E-state index contributed by atoms with van der Waals surface area (Å²) in [6.45, 7) is 2.05. The maximum absolute atomic E-state index is 8.82. The minimum absolute atomic E-state index is 0.134. The smallest absolute Gasteiger partial charge is 0.0606 e. The molecule has 0 aliphatic heterocycles. The zero-order valence-corrected chi connectivity index (χ0v) is 7.56. The van der Waals surface area contributed by atoms with Crippen molar-refractivity contribution < 1.29 is 5.11 Å². The van der Waals surface area contributed by atoms with Gasteiger partial charge in [0, 0.05) is 25.8 Å². The molecule has 0 unspecified atom stereocenters. The fourth-order valence-electron chi connectivity index (χ4n) is 1.19. The Kier molecular flexibility index (Phi) is 4.21. The van der Waals surface area contributed by atoms with E-state index in [2.05, 4.69) is 4.98 Å². The zero-order chi connectivity index (χ0) is 9.52. The van der Waals surface area contributed by atoms with Crippen LogP contribution in [0.3, 0.4) is 0 Å². The van der Waals surface area contributed by atoms with Gasteiger partial charge in [0.1, 0.15) is 0 Å². The van der Waals surface area contributed by atoms with Gasteiger partial charge in [0.15, 0.2) is 0 Å². The van der Waals surface area contributed by atoms with Gasteiger partial charge in [0.25, 0.3) is 0 Å². The van der Waals surface area contributed by atoms with E-state index in [4.69, 9.17) is 10.8 Å². The molecule has 0 spiro atoms. The van der Waals surface area contributed by atoms with E-state index in [1.165, 1.54) is 0 Å². The Balaban J connectivity index is 2.64. The van der Waals surface area contributed by atoms with Crippen LogP contribution < -0.4 is 10.6 Å². The van der Waals surface area contributed by atoms with Crippen LogP contribution in [0.1, 0.15) is 0 Å². The summed E-state index contributed by atoms with van der Waals surface area (Å²) in [5.74, 6) is 0. The molecule has 1 heterocycles. The fourth-order valence-corrected chi connectivity index (χ4v) is 1.19. The van der Waals surface area contributed by atoms with Gasteiger partial charge in [0.05, 0.1) is 18.5 Å². The third-order valence-corrected chi connectivity index (χ3v) is 1.78. The number of rotatable bonds is 5. The van der Waals surface area contributed by atoms with E-state index in [1.807, 2.05) is 17.0 Å². The number of hydrogen-bond donors (Lipinski definition) is 2. The molecule has 0 fully saturated rings. The second-order valence-corrected chi connectivity index (χ2v) is 2.71. The van der Waals surface area contributed by atoms with Gasteiger partial charge in [0.2, 0.25) is 0 Å². The quantitative estimate of drug-likeness (QED) is 0.662. The van der Waals surface area contributed by atoms with Crippen LogP contribution in [0.4, 0.5) is 5.69 Å². The molecule has 0 radical (unpaired) electrons. The van der Waals surface area contributed by atoms with Crippen molar-refractivity contribution in [2.24, 2.45) is 5.73 Å². The molecule has 1 aromatic rings. The van der Waals surface area contributed by atoms with Crippen LogP contribution in [-0.4, -0.2) is 36.3 Å². The fraction of sp³-hybridized carbons (Fsp3) is 0.444. The van der Waals surface area contributed by atoms with Crippen molar-refractivity contribution in [2.75, 3.05) is 31.1 Å². The minimum atomic E-state index is 0.134. The lowest BCUT2D eigenvalue weighted by molar-refractivity contribution is 0.302. The molecule has 0 bridgehead atoms. The summed E-state index contributed by atoms with van der Waals surface area (Å²) in [4.78, 5) is 6.01. The SMILES string of the molecule is NCCN(CCO)c1cccnc1. The summed E-state index contributed by atoms with van der Waals surface area (Å²) in [7, 11) is 0. The number of nitrogens with zero attached hydrogens (tertiary/aromatic N) is 2. The number of hydrogen-bond acceptors (Lipinski definition) is 4. The van der Waals surface area contributed by atoms with Gasteiger partial charge in [-0.25, -0.2) is 0 Å². The molecule has 0 aromatic carbocycles. The van der Waals surface area contributed by atoms with Crippen molar-refractivity contribution in [2.45, 2.75) is 0 Å². The summed E-state index contributed by atoms with van der Waals surface area (Å²) in [6, 6.07) is 3.83. The molecule has 1 rings (SSSR count). The lowest BCUT2D eigenvalue weighted by Crippen LogP contribution is -2.31. The molecule has 13 heavy (non-hydrogen) atoms. The number of nitrogens with two attached hydrogens (primary N) is 1. The van der Waals surface area contributed by atoms with Gasteiger partial charge in [-0.05, 0) is 12.1 Å². The molecule has 3 N–H and O–H groups in total. The molecule has 1 aromatic heterocycles. The van der Waals surface area contributed by atoms with Gasteiger partial charge in [-0.1, -0.05) is 0 Å². The van der Waals surface area contributed by atoms with Crippen LogP contribution in [-0.2, 0) is 0 Å². The first-order chi connectivity index (χ1) is 6.38. The summed E-state index contributed by atoms with van der Waals surface area (Å²) in [5.41, 5.74) is 6.46. The molecule has 0 aliphatic rings. The van der Waals surface area contributed by atoms with E-state index in [1.54, 1.807) is 12.4 Å². The minimum Gasteiger partial charge on any atom is -0.395 e. The number of aromatic nitrogens is 1. The highest BCUT2D eigenvalue weighted by Crippen LogP contribution is 2.09. The first-order valence-electron chi connectivity index (χ1n) is 4.34. The maximum Gasteiger partial charge on any atom is 0.0606 e. The molecule has 0 atom stereocenters. The molecule has 0 saturated carbocycles. The zero-order valence-electron chi connectivity index (χ0n) is 7.56. The standard InChI is InChI=1S/C9H15N3O/c10-3-5-12(6-7-13)9-2-1-4-11-8-9/h1-2,4,8,13H,3,5-7,10H2. The molecular weight excluding hydrogens is 166 g/mol. The van der Waals surface area contributed by atoms with Gasteiger partial charge >= 0.3 is 0 Å². The van der Waals surface area contributed by atoms with Crippen LogP contribution in [0, 0.1) is 0 Å². The number of aliphatic hydroxyl groups excluding tert-OH is 1. The van der Waals surface area contributed by atoms with E-state index >= 15 is 0 Å². The summed E-state index contributed by atoms with van der Waals surface area (Å²) in [6.07, 6.45) is 3.49. The number of pyridine rings is 1. The van der Waals surface area contributed by atoms with Crippen LogP contribution in [0.5, 0.6) is 0 Å². The Bertz CT molecular complexity index is 222. The van der Waals surface area contributed by atoms with Crippen molar-refractivity contribution >= 4 is 5.69 Å². The van der Waals surface area contributed by atoms with Crippen LogP contribution in [0.2, 0.25) is 0 Å². The lowest BCUT2D eigenvalue weighted by atomic mass is 10.3. The number of aliphatic hydroxyl groups is 1. The van der Waals surface area contributed by atoms with Gasteiger partial charge < -0.3 is 15.7 Å². The van der Waals surface area contributed by atoms with Crippen molar-refractivity contribution in [3.63, 3.8) is 0 Å². The molecule has 0 aliphatic carbocycles. The normalized spacial score (nSPS) is 10.0. The average Bonchev–Trinajstić information content (AvgIpc) is 2.19. The van der Waals surface area contributed by atoms with Crippen molar-refractivity contribution in [3.8, 4) is 0 Å². The van der Waals surface area contributed by atoms with Crippen molar-refractivity contribution in [1.29, 1.82) is 0 Å². The van der Waals surface area contributed by atoms with E-state index in [-0.39, 0.29) is 6.61 Å². The average molecular weight is 181 g/mol. The highest BCUT2D eigenvalue weighted by atomic mass is 16.3. The highest BCUT2D eigenvalue weighted by molar-refractivity contribution is 5.43. The van der Waals surface area contributed by atoms with Crippen molar-refractivity contribution in [1.82, 2.24) is 4.98 Å². The molecule has 0 saturated heterocycles. The van der Waals surface area contributed by atoms with E-state index in [9.17, 15) is 0 Å². The van der Waals surface area contributed by atoms with Crippen LogP contribution >= 0.6 is 0 Å². The van der Waals surface area contributed by atoms with Gasteiger partial charge in [-0.15, -0.1) is 0 Å². The Morgan fingerprint density at radius 3 is 2.85 bits per heavy atom. The molecular formula is C9H15N3O. The second-order valence-electron chi connectivity index (χ2n) is 2.71. The molecule has 72 valence electrons. The van der Waals surface area contributed by atoms with Crippen molar-refractivity contribution in [3.05, 3.63) is 24.5 Å². The topological polar surface area (TPSA) is 62.4 Å². The molecule has 4 heteroatoms. The Morgan fingerprint density at radius 2 is 2.31 bits per heavy atom. The van der Waals surface area contributed by atoms with E-state index in [0.29, 0.717) is 13.1 Å². The Morgan fingerprint density at radius 1 is 1.46 bits per heavy atom. The van der Waals surface area contributed by atoms with Crippen LogP contribution in [0.15, 0.2) is 24.5 Å². The largest absolute Gasteiger partial charge is 0.395 e. The molecule has 0 amide bonds. The monoisotopic (exact) mass is 181 g/mol. The van der Waals surface area contributed by atoms with Gasteiger partial charge in [-0.2, -0.15) is 0 Å². The highest BCUT2D eigenvalue weighted by Gasteiger charge is 2.03. The first kappa shape index (κ1) is 9.95. The predicted octanol–water partition coefficient (Wildman–Crippen LogP) is -0.161. The van der Waals surface area contributed by atoms with E-state index in [0.717, 1.165) is 12.2 Å². The lowest BCUT2D eigenvalue weighted by Gasteiger charge is -2.22. The third-order valence-electron chi connectivity index (χ3n) is 1.78. The predicted molar refractivity (Wildman–Crippen MR) is 52.6 cm³/mol.